The molecule has 33 heavy (non-hydrogen) atoms. The van der Waals surface area contributed by atoms with Crippen molar-refractivity contribution >= 4 is 45.7 Å². The van der Waals surface area contributed by atoms with E-state index in [-0.39, 0.29) is 11.8 Å². The van der Waals surface area contributed by atoms with E-state index in [0.29, 0.717) is 11.3 Å². The third-order valence-electron chi connectivity index (χ3n) is 5.50. The predicted octanol–water partition coefficient (Wildman–Crippen LogP) is 6.69. The number of amides is 2. The van der Waals surface area contributed by atoms with Gasteiger partial charge in [-0.15, -0.1) is 11.8 Å². The summed E-state index contributed by atoms with van der Waals surface area (Å²) in [6, 6.07) is 27.3. The molecule has 2 amide bonds. The molecule has 0 bridgehead atoms. The van der Waals surface area contributed by atoms with Crippen LogP contribution >= 0.6 is 11.8 Å². The first-order valence-corrected chi connectivity index (χ1v) is 11.9. The quantitative estimate of drug-likeness (QED) is 0.306. The summed E-state index contributed by atoms with van der Waals surface area (Å²) in [6.07, 6.45) is 0.872. The fraction of sp³-hybridized carbons (Fsp3) is 0.143. The number of anilines is 2. The van der Waals surface area contributed by atoms with Crippen LogP contribution in [0.2, 0.25) is 0 Å². The number of para-hydroxylation sites is 1. The molecule has 0 fully saturated rings. The Balaban J connectivity index is 1.33. The second-order valence-electron chi connectivity index (χ2n) is 7.84. The number of hydrogen-bond donors (Lipinski definition) is 2. The second-order valence-corrected chi connectivity index (χ2v) is 8.89. The van der Waals surface area contributed by atoms with E-state index in [4.69, 9.17) is 0 Å². The van der Waals surface area contributed by atoms with Gasteiger partial charge in [-0.25, -0.2) is 0 Å². The third-order valence-corrected chi connectivity index (χ3v) is 6.51. The summed E-state index contributed by atoms with van der Waals surface area (Å²) in [7, 11) is 0. The number of aryl methyl sites for hydroxylation is 2. The smallest absolute Gasteiger partial charge is 0.255 e. The maximum absolute atomic E-state index is 12.6. The summed E-state index contributed by atoms with van der Waals surface area (Å²) in [6.45, 7) is 4.09. The van der Waals surface area contributed by atoms with E-state index in [1.807, 2.05) is 91.9 Å². The summed E-state index contributed by atoms with van der Waals surface area (Å²) < 4.78 is 0. The number of benzene rings is 4. The summed E-state index contributed by atoms with van der Waals surface area (Å²) in [5, 5.41) is 8.13. The van der Waals surface area contributed by atoms with Crippen LogP contribution in [0.25, 0.3) is 10.8 Å². The van der Waals surface area contributed by atoms with Gasteiger partial charge in [-0.2, -0.15) is 0 Å². The molecule has 0 spiro atoms. The van der Waals surface area contributed by atoms with Gasteiger partial charge in [0.2, 0.25) is 5.91 Å². The zero-order valence-corrected chi connectivity index (χ0v) is 19.5. The number of nitrogens with one attached hydrogen (secondary N) is 2. The Morgan fingerprint density at radius 3 is 2.33 bits per heavy atom. The van der Waals surface area contributed by atoms with Crippen molar-refractivity contribution in [2.24, 2.45) is 0 Å². The third kappa shape index (κ3) is 5.62. The minimum absolute atomic E-state index is 0.0299. The van der Waals surface area contributed by atoms with Gasteiger partial charge >= 0.3 is 0 Å². The minimum Gasteiger partial charge on any atom is -0.325 e. The van der Waals surface area contributed by atoms with Crippen LogP contribution < -0.4 is 10.6 Å². The molecule has 4 aromatic rings. The highest BCUT2D eigenvalue weighted by Crippen LogP contribution is 2.24. The number of hydrogen-bond acceptors (Lipinski definition) is 3. The molecule has 166 valence electrons. The SMILES string of the molecule is CCc1cccc(C)c1NC(=O)CSc1ccc(NC(=O)c2ccc3ccccc3c2)cc1. The molecular formula is C28H26N2O2S. The minimum atomic E-state index is -0.148. The Hall–Kier alpha value is -3.57. The van der Waals surface area contributed by atoms with Crippen molar-refractivity contribution in [3.63, 3.8) is 0 Å². The van der Waals surface area contributed by atoms with Crippen LogP contribution in [-0.4, -0.2) is 17.6 Å². The van der Waals surface area contributed by atoms with Gasteiger partial charge in [-0.1, -0.05) is 55.5 Å². The summed E-state index contributed by atoms with van der Waals surface area (Å²) >= 11 is 1.47. The molecule has 0 aliphatic heterocycles. The first-order valence-electron chi connectivity index (χ1n) is 10.9. The van der Waals surface area contributed by atoms with Crippen molar-refractivity contribution in [3.05, 3.63) is 102 Å². The predicted molar refractivity (Wildman–Crippen MR) is 138 cm³/mol. The van der Waals surface area contributed by atoms with Crippen molar-refractivity contribution in [1.82, 2.24) is 0 Å². The zero-order chi connectivity index (χ0) is 23.2. The molecule has 4 aromatic carbocycles. The molecule has 4 rings (SSSR count). The van der Waals surface area contributed by atoms with Gasteiger partial charge in [0.1, 0.15) is 0 Å². The fourth-order valence-corrected chi connectivity index (χ4v) is 4.39. The average molecular weight is 455 g/mol. The van der Waals surface area contributed by atoms with Gasteiger partial charge in [-0.05, 0) is 71.6 Å². The van der Waals surface area contributed by atoms with Gasteiger partial charge in [0.15, 0.2) is 0 Å². The average Bonchev–Trinajstić information content (AvgIpc) is 2.84. The fourth-order valence-electron chi connectivity index (χ4n) is 3.69. The summed E-state index contributed by atoms with van der Waals surface area (Å²) in [4.78, 5) is 26.1. The molecule has 0 heterocycles. The molecule has 5 heteroatoms. The van der Waals surface area contributed by atoms with Crippen LogP contribution in [-0.2, 0) is 11.2 Å². The highest BCUT2D eigenvalue weighted by Gasteiger charge is 2.10. The van der Waals surface area contributed by atoms with Crippen molar-refractivity contribution in [2.75, 3.05) is 16.4 Å². The van der Waals surface area contributed by atoms with E-state index in [1.54, 1.807) is 0 Å². The van der Waals surface area contributed by atoms with Gasteiger partial charge in [0.25, 0.3) is 5.91 Å². The standard InChI is InChI=1S/C28H26N2O2S/c1-3-20-10-6-7-19(2)27(20)30-26(31)18-33-25-15-13-24(14-16-25)29-28(32)23-12-11-21-8-4-5-9-22(21)17-23/h4-17H,3,18H2,1-2H3,(H,29,32)(H,30,31). The van der Waals surface area contributed by atoms with Crippen LogP contribution in [0.1, 0.15) is 28.4 Å². The van der Waals surface area contributed by atoms with Crippen molar-refractivity contribution in [3.8, 4) is 0 Å². The maximum atomic E-state index is 12.6. The molecule has 0 atom stereocenters. The number of thioether (sulfide) groups is 1. The number of fused-ring (bicyclic) bond motifs is 1. The number of carbonyl (C=O) groups excluding carboxylic acids is 2. The van der Waals surface area contributed by atoms with E-state index in [1.165, 1.54) is 11.8 Å². The van der Waals surface area contributed by atoms with E-state index in [2.05, 4.69) is 17.6 Å². The van der Waals surface area contributed by atoms with Crippen LogP contribution in [0.4, 0.5) is 11.4 Å². The normalized spacial score (nSPS) is 10.7. The van der Waals surface area contributed by atoms with Crippen molar-refractivity contribution < 1.29 is 9.59 Å². The molecule has 0 radical (unpaired) electrons. The lowest BCUT2D eigenvalue weighted by molar-refractivity contribution is -0.113. The van der Waals surface area contributed by atoms with Crippen molar-refractivity contribution in [1.29, 1.82) is 0 Å². The molecule has 0 saturated carbocycles. The van der Waals surface area contributed by atoms with Gasteiger partial charge in [0, 0.05) is 21.8 Å². The van der Waals surface area contributed by atoms with Crippen LogP contribution in [0, 0.1) is 6.92 Å². The molecule has 0 aromatic heterocycles. The van der Waals surface area contributed by atoms with Crippen LogP contribution in [0.3, 0.4) is 0 Å². The molecule has 0 aliphatic rings. The number of rotatable bonds is 7. The highest BCUT2D eigenvalue weighted by atomic mass is 32.2. The highest BCUT2D eigenvalue weighted by molar-refractivity contribution is 8.00. The molecule has 0 saturated heterocycles. The molecule has 0 aliphatic carbocycles. The summed E-state index contributed by atoms with van der Waals surface area (Å²) in [5.74, 6) is 0.142. The monoisotopic (exact) mass is 454 g/mol. The van der Waals surface area contributed by atoms with Gasteiger partial charge < -0.3 is 10.6 Å². The Kier molecular flexibility index (Phi) is 7.10. The van der Waals surface area contributed by atoms with E-state index in [0.717, 1.165) is 44.6 Å². The molecular weight excluding hydrogens is 428 g/mol. The van der Waals surface area contributed by atoms with E-state index < -0.39 is 0 Å². The maximum Gasteiger partial charge on any atom is 0.255 e. The molecule has 2 N–H and O–H groups in total. The summed E-state index contributed by atoms with van der Waals surface area (Å²) in [5.41, 5.74) is 4.46. The van der Waals surface area contributed by atoms with E-state index >= 15 is 0 Å². The van der Waals surface area contributed by atoms with Gasteiger partial charge in [-0.3, -0.25) is 9.59 Å². The lowest BCUT2D eigenvalue weighted by Gasteiger charge is -2.13. The topological polar surface area (TPSA) is 58.2 Å². The van der Waals surface area contributed by atoms with Crippen LogP contribution in [0.15, 0.2) is 89.8 Å². The Bertz CT molecular complexity index is 1300. The van der Waals surface area contributed by atoms with Crippen LogP contribution in [0.5, 0.6) is 0 Å². The number of carbonyl (C=O) groups is 2. The first kappa shape index (κ1) is 22.6. The Labute approximate surface area is 198 Å². The lowest BCUT2D eigenvalue weighted by Crippen LogP contribution is -2.16. The van der Waals surface area contributed by atoms with E-state index in [9.17, 15) is 9.59 Å². The lowest BCUT2D eigenvalue weighted by atomic mass is 10.1. The molecule has 4 nitrogen and oxygen atoms in total. The Morgan fingerprint density at radius 2 is 1.58 bits per heavy atom. The second kappa shape index (κ2) is 10.4. The largest absolute Gasteiger partial charge is 0.325 e. The zero-order valence-electron chi connectivity index (χ0n) is 18.7. The first-order chi connectivity index (χ1) is 16.0. The van der Waals surface area contributed by atoms with Gasteiger partial charge in [0.05, 0.1) is 5.75 Å². The van der Waals surface area contributed by atoms with Crippen molar-refractivity contribution in [2.45, 2.75) is 25.2 Å². The molecule has 0 unspecified atom stereocenters. The Morgan fingerprint density at radius 1 is 0.818 bits per heavy atom.